The van der Waals surface area contributed by atoms with Gasteiger partial charge in [0.1, 0.15) is 6.54 Å². The number of aromatic nitrogens is 1. The van der Waals surface area contributed by atoms with Crippen molar-refractivity contribution in [3.63, 3.8) is 0 Å². The number of carbonyl (C=O) groups is 2. The number of benzene rings is 2. The molecule has 5 rings (SSSR count). The Morgan fingerprint density at radius 2 is 1.97 bits per heavy atom. The van der Waals surface area contributed by atoms with E-state index in [0.717, 1.165) is 41.6 Å². The number of hydrogen-bond acceptors (Lipinski definition) is 5. The number of amidine groups is 1. The Bertz CT molecular complexity index is 1260. The van der Waals surface area contributed by atoms with Gasteiger partial charge in [0.05, 0.1) is 23.2 Å². The Morgan fingerprint density at radius 3 is 2.73 bits per heavy atom. The summed E-state index contributed by atoms with van der Waals surface area (Å²) in [5.74, 6) is -1.03. The third-order valence-electron chi connectivity index (χ3n) is 5.69. The molecule has 0 saturated carbocycles. The van der Waals surface area contributed by atoms with Crippen LogP contribution in [0.1, 0.15) is 18.4 Å². The van der Waals surface area contributed by atoms with Gasteiger partial charge in [-0.1, -0.05) is 36.4 Å². The number of amides is 1. The lowest BCUT2D eigenvalue weighted by Crippen LogP contribution is -2.36. The minimum Gasteiger partial charge on any atom is -0.480 e. The molecule has 0 radical (unpaired) electrons. The van der Waals surface area contributed by atoms with Crippen molar-refractivity contribution in [1.29, 1.82) is 0 Å². The highest BCUT2D eigenvalue weighted by molar-refractivity contribution is 8.18. The zero-order chi connectivity index (χ0) is 22.8. The van der Waals surface area contributed by atoms with E-state index in [1.807, 2.05) is 60.7 Å². The Hall–Kier alpha value is -3.36. The predicted octanol–water partition coefficient (Wildman–Crippen LogP) is 4.51. The molecule has 2 aromatic carbocycles. The Morgan fingerprint density at radius 1 is 1.18 bits per heavy atom. The van der Waals surface area contributed by atoms with Crippen molar-refractivity contribution in [2.45, 2.75) is 25.5 Å². The quantitative estimate of drug-likeness (QED) is 0.546. The second-order valence-electron chi connectivity index (χ2n) is 8.01. The number of carbonyl (C=O) groups excluding carboxylic acids is 1. The minimum absolute atomic E-state index is 0.00681. The number of aliphatic carboxylic acids is 1. The lowest BCUT2D eigenvalue weighted by molar-refractivity contribution is -0.137. The number of aliphatic imine (C=N–C) groups is 1. The number of ether oxygens (including phenoxy) is 1. The molecular formula is C25H23N3O4S. The van der Waals surface area contributed by atoms with Gasteiger partial charge in [0.2, 0.25) is 0 Å². The van der Waals surface area contributed by atoms with Gasteiger partial charge in [0.15, 0.2) is 5.17 Å². The van der Waals surface area contributed by atoms with E-state index >= 15 is 0 Å². The molecule has 0 bridgehead atoms. The van der Waals surface area contributed by atoms with Gasteiger partial charge in [0.25, 0.3) is 5.91 Å². The number of hydrogen-bond donors (Lipinski definition) is 1. The molecule has 168 valence electrons. The van der Waals surface area contributed by atoms with E-state index in [9.17, 15) is 14.7 Å². The number of rotatable bonds is 6. The topological polar surface area (TPSA) is 84.1 Å². The molecule has 33 heavy (non-hydrogen) atoms. The third-order valence-corrected chi connectivity index (χ3v) is 6.70. The summed E-state index contributed by atoms with van der Waals surface area (Å²) in [6.07, 6.45) is 5.55. The van der Waals surface area contributed by atoms with Crippen molar-refractivity contribution in [2.75, 3.05) is 13.2 Å². The number of fused-ring (bicyclic) bond motifs is 1. The molecule has 1 aromatic heterocycles. The molecule has 2 saturated heterocycles. The fraction of sp³-hybridized carbons (Fsp3) is 0.240. The molecule has 0 unspecified atom stereocenters. The molecule has 0 spiro atoms. The molecule has 2 aliphatic rings. The Balaban J connectivity index is 1.52. The van der Waals surface area contributed by atoms with Crippen LogP contribution in [-0.4, -0.2) is 50.9 Å². The van der Waals surface area contributed by atoms with Crippen LogP contribution in [0.5, 0.6) is 0 Å². The molecule has 8 heteroatoms. The average Bonchev–Trinajstić information content (AvgIpc) is 3.51. The monoisotopic (exact) mass is 461 g/mol. The largest absolute Gasteiger partial charge is 0.480 e. The summed E-state index contributed by atoms with van der Waals surface area (Å²) >= 11 is 1.34. The predicted molar refractivity (Wildman–Crippen MR) is 129 cm³/mol. The highest BCUT2D eigenvalue weighted by atomic mass is 32.2. The summed E-state index contributed by atoms with van der Waals surface area (Å²) < 4.78 is 7.47. The van der Waals surface area contributed by atoms with Gasteiger partial charge in [-0.25, -0.2) is 4.99 Å². The lowest BCUT2D eigenvalue weighted by Gasteiger charge is -2.19. The summed E-state index contributed by atoms with van der Waals surface area (Å²) in [7, 11) is 0. The maximum absolute atomic E-state index is 13.4. The summed E-state index contributed by atoms with van der Waals surface area (Å²) in [4.78, 5) is 31.7. The second-order valence-corrected chi connectivity index (χ2v) is 9.02. The molecule has 0 aliphatic carbocycles. The molecule has 2 aliphatic heterocycles. The maximum atomic E-state index is 13.4. The first-order valence-corrected chi connectivity index (χ1v) is 11.7. The average molecular weight is 462 g/mol. The molecule has 1 amide bonds. The summed E-state index contributed by atoms with van der Waals surface area (Å²) in [6.45, 7) is 1.04. The first-order chi connectivity index (χ1) is 16.1. The fourth-order valence-electron chi connectivity index (χ4n) is 4.17. The number of thioether (sulfide) groups is 1. The van der Waals surface area contributed by atoms with Gasteiger partial charge in [-0.15, -0.1) is 0 Å². The van der Waals surface area contributed by atoms with Crippen LogP contribution >= 0.6 is 11.8 Å². The number of carboxylic acids is 1. The van der Waals surface area contributed by atoms with Gasteiger partial charge in [0, 0.05) is 29.3 Å². The summed E-state index contributed by atoms with van der Waals surface area (Å²) in [5, 5.41) is 10.8. The molecular weight excluding hydrogens is 438 g/mol. The van der Waals surface area contributed by atoms with Crippen LogP contribution in [0, 0.1) is 0 Å². The second kappa shape index (κ2) is 9.25. The SMILES string of the molecule is O=C(O)Cn1cc(/C=C2/SC(=Nc3ccccc3)N(C[C@@H]3CCCO3)C2=O)c2ccccc21. The molecule has 1 N–H and O–H groups in total. The van der Waals surface area contributed by atoms with Gasteiger partial charge in [-0.2, -0.15) is 0 Å². The van der Waals surface area contributed by atoms with Crippen molar-refractivity contribution in [1.82, 2.24) is 9.47 Å². The summed E-state index contributed by atoms with van der Waals surface area (Å²) in [5.41, 5.74) is 2.40. The summed E-state index contributed by atoms with van der Waals surface area (Å²) in [6, 6.07) is 17.2. The van der Waals surface area contributed by atoms with Crippen LogP contribution < -0.4 is 0 Å². The van der Waals surface area contributed by atoms with Crippen LogP contribution in [0.2, 0.25) is 0 Å². The van der Waals surface area contributed by atoms with Gasteiger partial charge in [-0.3, -0.25) is 14.5 Å². The molecule has 2 fully saturated rings. The van der Waals surface area contributed by atoms with Crippen LogP contribution in [-0.2, 0) is 20.9 Å². The van der Waals surface area contributed by atoms with E-state index in [2.05, 4.69) is 0 Å². The van der Waals surface area contributed by atoms with E-state index in [4.69, 9.17) is 9.73 Å². The van der Waals surface area contributed by atoms with Crippen molar-refractivity contribution in [2.24, 2.45) is 4.99 Å². The molecule has 3 aromatic rings. The number of para-hydroxylation sites is 2. The molecule has 3 heterocycles. The van der Waals surface area contributed by atoms with E-state index in [1.165, 1.54) is 11.8 Å². The van der Waals surface area contributed by atoms with E-state index < -0.39 is 5.97 Å². The number of carboxylic acid groups (broad SMARTS) is 1. The zero-order valence-corrected chi connectivity index (χ0v) is 18.7. The van der Waals surface area contributed by atoms with E-state index in [-0.39, 0.29) is 18.6 Å². The molecule has 1 atom stereocenters. The van der Waals surface area contributed by atoms with Crippen LogP contribution in [0.25, 0.3) is 17.0 Å². The maximum Gasteiger partial charge on any atom is 0.323 e. The smallest absolute Gasteiger partial charge is 0.323 e. The van der Waals surface area contributed by atoms with Crippen molar-refractivity contribution in [3.8, 4) is 0 Å². The lowest BCUT2D eigenvalue weighted by atomic mass is 10.1. The Kier molecular flexibility index (Phi) is 6.02. The minimum atomic E-state index is -0.915. The fourth-order valence-corrected chi connectivity index (χ4v) is 5.16. The third kappa shape index (κ3) is 4.58. The first kappa shape index (κ1) is 21.5. The van der Waals surface area contributed by atoms with Crippen LogP contribution in [0.3, 0.4) is 0 Å². The van der Waals surface area contributed by atoms with Gasteiger partial charge in [-0.05, 0) is 48.9 Å². The standard InChI is InChI=1S/C25H23N3O4S/c29-23(30)16-27-14-17(20-10-4-5-11-21(20)27)13-22-24(31)28(15-19-9-6-12-32-19)25(33-22)26-18-7-2-1-3-8-18/h1-5,7-8,10-11,13-14,19H,6,9,12,15-16H2,(H,29,30)/b22-13+,26-25?/t19-/m0/s1. The number of nitrogens with zero attached hydrogens (tertiary/aromatic N) is 3. The zero-order valence-electron chi connectivity index (χ0n) is 17.9. The van der Waals surface area contributed by atoms with Gasteiger partial charge >= 0.3 is 5.97 Å². The van der Waals surface area contributed by atoms with Crippen molar-refractivity contribution < 1.29 is 19.4 Å². The highest BCUT2D eigenvalue weighted by Crippen LogP contribution is 2.36. The Labute approximate surface area is 195 Å². The van der Waals surface area contributed by atoms with Crippen LogP contribution in [0.4, 0.5) is 5.69 Å². The highest BCUT2D eigenvalue weighted by Gasteiger charge is 2.36. The van der Waals surface area contributed by atoms with Crippen molar-refractivity contribution in [3.05, 3.63) is 71.3 Å². The normalized spacial score (nSPS) is 21.0. The van der Waals surface area contributed by atoms with E-state index in [1.54, 1.807) is 15.7 Å². The molecule has 7 nitrogen and oxygen atoms in total. The van der Waals surface area contributed by atoms with E-state index in [0.29, 0.717) is 16.6 Å². The van der Waals surface area contributed by atoms with Gasteiger partial charge < -0.3 is 14.4 Å². The van der Waals surface area contributed by atoms with Crippen molar-refractivity contribution >= 4 is 51.5 Å². The van der Waals surface area contributed by atoms with Crippen LogP contribution in [0.15, 0.2) is 70.7 Å². The first-order valence-electron chi connectivity index (χ1n) is 10.8.